The van der Waals surface area contributed by atoms with E-state index in [0.29, 0.717) is 0 Å². The van der Waals surface area contributed by atoms with Crippen molar-refractivity contribution in [2.45, 2.75) is 43.3 Å². The Hall–Kier alpha value is -0.730. The lowest BCUT2D eigenvalue weighted by molar-refractivity contribution is -0.262. The van der Waals surface area contributed by atoms with Gasteiger partial charge in [-0.2, -0.15) is 0 Å². The maximum Gasteiger partial charge on any atom is 0.364 e. The van der Waals surface area contributed by atoms with Crippen LogP contribution in [0.3, 0.4) is 0 Å². The molecule has 1 aliphatic rings. The number of nitrogens with two attached hydrogens (primary N) is 1. The van der Waals surface area contributed by atoms with Crippen LogP contribution in [0, 0.1) is 0 Å². The van der Waals surface area contributed by atoms with E-state index in [9.17, 15) is 15.0 Å². The molecular weight excluding hydrogens is 218 g/mol. The molecule has 0 amide bonds. The van der Waals surface area contributed by atoms with Crippen LogP contribution < -0.4 is 5.73 Å². The average molecular weight is 235 g/mol. The summed E-state index contributed by atoms with van der Waals surface area (Å²) in [5, 5.41) is 36.3. The predicted octanol–water partition coefficient (Wildman–Crippen LogP) is -1.99. The van der Waals surface area contributed by atoms with Gasteiger partial charge >= 0.3 is 5.97 Å². The summed E-state index contributed by atoms with van der Waals surface area (Å²) in [4.78, 5) is 10.8. The summed E-state index contributed by atoms with van der Waals surface area (Å²) in [6.45, 7) is -0.460. The molecule has 0 radical (unpaired) electrons. The van der Waals surface area contributed by atoms with Gasteiger partial charge in [-0.15, -0.1) is 0 Å². The fraction of sp³-hybridized carbons (Fsp3) is 0.889. The molecule has 1 unspecified atom stereocenters. The number of carbonyl (C=O) groups is 1. The Morgan fingerprint density at radius 1 is 1.62 bits per heavy atom. The number of rotatable bonds is 4. The standard InChI is InChI=1S/C9H17NO6/c10-6-1-2-9(15,8(13)14)16-7(6)3-5(12)4-11/h5-7,11-12,15H,1-4,10H2,(H,13,14)/t5-,6+,7-,9?/m0/s1. The number of hydrogen-bond donors (Lipinski definition) is 5. The van der Waals surface area contributed by atoms with Crippen molar-refractivity contribution < 1.29 is 30.0 Å². The molecule has 0 aromatic heterocycles. The minimum atomic E-state index is -2.24. The van der Waals surface area contributed by atoms with Gasteiger partial charge in [0.1, 0.15) is 0 Å². The normalized spacial score (nSPS) is 37.0. The smallest absolute Gasteiger partial charge is 0.364 e. The van der Waals surface area contributed by atoms with E-state index in [-0.39, 0.29) is 19.3 Å². The highest BCUT2D eigenvalue weighted by Crippen LogP contribution is 2.28. The molecule has 16 heavy (non-hydrogen) atoms. The van der Waals surface area contributed by atoms with E-state index in [1.54, 1.807) is 0 Å². The van der Waals surface area contributed by atoms with Crippen LogP contribution in [0.1, 0.15) is 19.3 Å². The topological polar surface area (TPSA) is 133 Å². The van der Waals surface area contributed by atoms with Crippen LogP contribution in [-0.2, 0) is 9.53 Å². The van der Waals surface area contributed by atoms with E-state index >= 15 is 0 Å². The molecule has 0 aromatic carbocycles. The summed E-state index contributed by atoms with van der Waals surface area (Å²) in [5.41, 5.74) is 5.68. The quantitative estimate of drug-likeness (QED) is 0.381. The van der Waals surface area contributed by atoms with Crippen molar-refractivity contribution in [3.05, 3.63) is 0 Å². The minimum Gasteiger partial charge on any atom is -0.477 e. The van der Waals surface area contributed by atoms with E-state index in [2.05, 4.69) is 0 Å². The van der Waals surface area contributed by atoms with Crippen molar-refractivity contribution >= 4 is 5.97 Å². The van der Waals surface area contributed by atoms with Gasteiger partial charge in [0.15, 0.2) is 0 Å². The van der Waals surface area contributed by atoms with Gasteiger partial charge in [0.25, 0.3) is 5.79 Å². The zero-order valence-electron chi connectivity index (χ0n) is 8.74. The van der Waals surface area contributed by atoms with E-state index in [0.717, 1.165) is 0 Å². The van der Waals surface area contributed by atoms with Crippen LogP contribution in [0.4, 0.5) is 0 Å². The van der Waals surface area contributed by atoms with Gasteiger partial charge in [-0.3, -0.25) is 0 Å². The second-order valence-electron chi connectivity index (χ2n) is 4.02. The maximum absolute atomic E-state index is 10.8. The fourth-order valence-electron chi connectivity index (χ4n) is 1.67. The number of aliphatic carboxylic acids is 1. The highest BCUT2D eigenvalue weighted by molar-refractivity contribution is 5.75. The summed E-state index contributed by atoms with van der Waals surface area (Å²) < 4.78 is 4.98. The van der Waals surface area contributed by atoms with Crippen LogP contribution in [0.2, 0.25) is 0 Å². The third kappa shape index (κ3) is 2.89. The molecule has 4 atom stereocenters. The molecule has 7 heteroatoms. The van der Waals surface area contributed by atoms with Crippen LogP contribution in [0.25, 0.3) is 0 Å². The molecule has 7 nitrogen and oxygen atoms in total. The monoisotopic (exact) mass is 235 g/mol. The summed E-state index contributed by atoms with van der Waals surface area (Å²) in [7, 11) is 0. The molecule has 0 saturated carbocycles. The number of carboxylic acids is 1. The fourth-order valence-corrected chi connectivity index (χ4v) is 1.67. The first-order valence-corrected chi connectivity index (χ1v) is 5.07. The van der Waals surface area contributed by atoms with E-state index in [1.165, 1.54) is 0 Å². The van der Waals surface area contributed by atoms with Crippen molar-refractivity contribution in [3.8, 4) is 0 Å². The second-order valence-corrected chi connectivity index (χ2v) is 4.02. The zero-order chi connectivity index (χ0) is 12.3. The summed E-state index contributed by atoms with van der Waals surface area (Å²) >= 11 is 0. The summed E-state index contributed by atoms with van der Waals surface area (Å²) in [5.74, 6) is -3.71. The zero-order valence-corrected chi connectivity index (χ0v) is 8.74. The Morgan fingerprint density at radius 3 is 2.75 bits per heavy atom. The molecule has 0 aromatic rings. The lowest BCUT2D eigenvalue weighted by Crippen LogP contribution is -2.55. The third-order valence-electron chi connectivity index (χ3n) is 2.69. The van der Waals surface area contributed by atoms with Crippen molar-refractivity contribution in [1.29, 1.82) is 0 Å². The van der Waals surface area contributed by atoms with E-state index in [1.807, 2.05) is 0 Å². The molecule has 1 rings (SSSR count). The van der Waals surface area contributed by atoms with Crippen molar-refractivity contribution in [2.75, 3.05) is 6.61 Å². The number of aliphatic hydroxyl groups is 3. The van der Waals surface area contributed by atoms with E-state index in [4.69, 9.17) is 20.7 Å². The lowest BCUT2D eigenvalue weighted by atomic mass is 9.94. The molecular formula is C9H17NO6. The number of carboxylic acid groups (broad SMARTS) is 1. The number of hydrogen-bond acceptors (Lipinski definition) is 6. The van der Waals surface area contributed by atoms with E-state index < -0.39 is 36.6 Å². The Labute approximate surface area is 92.4 Å². The van der Waals surface area contributed by atoms with Gasteiger partial charge < -0.3 is 30.9 Å². The second kappa shape index (κ2) is 5.07. The largest absolute Gasteiger partial charge is 0.477 e. The molecule has 6 N–H and O–H groups in total. The van der Waals surface area contributed by atoms with Crippen molar-refractivity contribution in [2.24, 2.45) is 5.73 Å². The Balaban J connectivity index is 2.65. The molecule has 1 heterocycles. The first-order chi connectivity index (χ1) is 7.39. The van der Waals surface area contributed by atoms with Gasteiger partial charge in [-0.05, 0) is 6.42 Å². The lowest BCUT2D eigenvalue weighted by Gasteiger charge is -2.38. The molecule has 1 fully saturated rings. The number of aliphatic hydroxyl groups excluding tert-OH is 2. The highest BCUT2D eigenvalue weighted by Gasteiger charge is 2.45. The Kier molecular flexibility index (Phi) is 4.22. The van der Waals surface area contributed by atoms with Crippen molar-refractivity contribution in [3.63, 3.8) is 0 Å². The predicted molar refractivity (Wildman–Crippen MR) is 52.4 cm³/mol. The number of ether oxygens (including phenoxy) is 1. The Bertz CT molecular complexity index is 260. The van der Waals surface area contributed by atoms with Crippen LogP contribution in [0.15, 0.2) is 0 Å². The molecule has 0 aliphatic carbocycles. The minimum absolute atomic E-state index is 0.00669. The van der Waals surface area contributed by atoms with Crippen LogP contribution >= 0.6 is 0 Å². The maximum atomic E-state index is 10.8. The van der Waals surface area contributed by atoms with Crippen molar-refractivity contribution in [1.82, 2.24) is 0 Å². The molecule has 0 bridgehead atoms. The first-order valence-electron chi connectivity index (χ1n) is 5.07. The molecule has 94 valence electrons. The van der Waals surface area contributed by atoms with Gasteiger partial charge in [0.2, 0.25) is 0 Å². The van der Waals surface area contributed by atoms with Crippen LogP contribution in [-0.4, -0.2) is 57.0 Å². The summed E-state index contributed by atoms with van der Waals surface area (Å²) in [6.07, 6.45) is -1.63. The first kappa shape index (κ1) is 13.3. The van der Waals surface area contributed by atoms with Crippen LogP contribution in [0.5, 0.6) is 0 Å². The average Bonchev–Trinajstić information content (AvgIpc) is 2.23. The van der Waals surface area contributed by atoms with Gasteiger partial charge in [-0.1, -0.05) is 0 Å². The third-order valence-corrected chi connectivity index (χ3v) is 2.69. The Morgan fingerprint density at radius 2 is 2.25 bits per heavy atom. The molecule has 0 spiro atoms. The molecule has 1 saturated heterocycles. The molecule has 1 aliphatic heterocycles. The summed E-state index contributed by atoms with van der Waals surface area (Å²) in [6, 6.07) is -0.458. The van der Waals surface area contributed by atoms with Gasteiger partial charge in [-0.25, -0.2) is 4.79 Å². The SMILES string of the molecule is N[C@@H]1CCC(O)(C(=O)O)O[C@H]1C[C@H](O)CO. The highest BCUT2D eigenvalue weighted by atomic mass is 16.7. The van der Waals surface area contributed by atoms with Gasteiger partial charge in [0, 0.05) is 18.9 Å². The van der Waals surface area contributed by atoms with Gasteiger partial charge in [0.05, 0.1) is 18.8 Å².